The molecule has 0 amide bonds. The van der Waals surface area contributed by atoms with Crippen molar-refractivity contribution in [1.82, 2.24) is 9.47 Å². The fourth-order valence-electron chi connectivity index (χ4n) is 3.70. The maximum absolute atomic E-state index is 13.9. The fraction of sp³-hybridized carbons (Fsp3) is 0.238. The van der Waals surface area contributed by atoms with Crippen molar-refractivity contribution in [2.75, 3.05) is 6.54 Å². The van der Waals surface area contributed by atoms with Gasteiger partial charge in [0.15, 0.2) is 11.6 Å². The molecule has 26 heavy (non-hydrogen) atoms. The molecule has 0 fully saturated rings. The van der Waals surface area contributed by atoms with E-state index in [0.29, 0.717) is 11.6 Å². The zero-order chi connectivity index (χ0) is 18.1. The van der Waals surface area contributed by atoms with Crippen LogP contribution in [-0.4, -0.2) is 16.0 Å². The number of hydrogen-bond acceptors (Lipinski definition) is 1. The molecule has 134 valence electrons. The Morgan fingerprint density at radius 1 is 0.962 bits per heavy atom. The van der Waals surface area contributed by atoms with Gasteiger partial charge in [-0.1, -0.05) is 29.8 Å². The first-order chi connectivity index (χ1) is 12.6. The predicted molar refractivity (Wildman–Crippen MR) is 99.1 cm³/mol. The molecule has 0 bridgehead atoms. The highest BCUT2D eigenvalue weighted by Crippen LogP contribution is 2.33. The van der Waals surface area contributed by atoms with Gasteiger partial charge in [-0.2, -0.15) is 0 Å². The molecule has 2 aromatic carbocycles. The van der Waals surface area contributed by atoms with Gasteiger partial charge in [0, 0.05) is 36.5 Å². The molecule has 2 nitrogen and oxygen atoms in total. The molecule has 1 aromatic heterocycles. The maximum atomic E-state index is 13.9. The Morgan fingerprint density at radius 3 is 2.54 bits per heavy atom. The smallest absolute Gasteiger partial charge is 0.159 e. The van der Waals surface area contributed by atoms with Crippen LogP contribution in [0, 0.1) is 11.6 Å². The van der Waals surface area contributed by atoms with Crippen LogP contribution in [0.15, 0.2) is 60.8 Å². The van der Waals surface area contributed by atoms with E-state index in [1.807, 2.05) is 36.5 Å². The standard InChI is InChI=1S/C21H19ClF2N2/c22-17-7-4-15(5-8-17)14-26-12-2-11-25-10-1-3-20(25)21(26)16-6-9-18(23)19(24)13-16/h1,3-10,13,21H,2,11-12,14H2/t21-/m1/s1. The zero-order valence-electron chi connectivity index (χ0n) is 14.2. The zero-order valence-corrected chi connectivity index (χ0v) is 15.0. The molecule has 0 spiro atoms. The number of aromatic nitrogens is 1. The molecule has 0 saturated heterocycles. The molecule has 4 rings (SSSR count). The topological polar surface area (TPSA) is 8.17 Å². The number of rotatable bonds is 3. The molecule has 2 heterocycles. The third-order valence-corrected chi connectivity index (χ3v) is 5.16. The Kier molecular flexibility index (Phi) is 4.79. The van der Waals surface area contributed by atoms with Crippen LogP contribution in [0.5, 0.6) is 0 Å². The summed E-state index contributed by atoms with van der Waals surface area (Å²) in [7, 11) is 0. The molecule has 0 aliphatic carbocycles. The van der Waals surface area contributed by atoms with Gasteiger partial charge in [0.05, 0.1) is 6.04 Å². The molecule has 3 aromatic rings. The van der Waals surface area contributed by atoms with Crippen molar-refractivity contribution in [2.24, 2.45) is 0 Å². The SMILES string of the molecule is Fc1ccc([C@@H]2c3cccn3CCCN2Cc2ccc(Cl)cc2)cc1F. The molecule has 0 N–H and O–H groups in total. The summed E-state index contributed by atoms with van der Waals surface area (Å²) in [5.41, 5.74) is 3.00. The van der Waals surface area contributed by atoms with Crippen molar-refractivity contribution < 1.29 is 8.78 Å². The van der Waals surface area contributed by atoms with E-state index in [9.17, 15) is 8.78 Å². The van der Waals surface area contributed by atoms with Gasteiger partial charge >= 0.3 is 0 Å². The minimum atomic E-state index is -0.818. The highest BCUT2D eigenvalue weighted by atomic mass is 35.5. The largest absolute Gasteiger partial charge is 0.350 e. The average Bonchev–Trinajstić information content (AvgIpc) is 3.01. The molecule has 1 aliphatic heterocycles. The van der Waals surface area contributed by atoms with Crippen LogP contribution in [0.1, 0.15) is 29.3 Å². The highest BCUT2D eigenvalue weighted by molar-refractivity contribution is 6.30. The molecule has 1 atom stereocenters. The lowest BCUT2D eigenvalue weighted by molar-refractivity contribution is 0.220. The lowest BCUT2D eigenvalue weighted by atomic mass is 10.0. The third kappa shape index (κ3) is 3.39. The van der Waals surface area contributed by atoms with Crippen LogP contribution in [0.3, 0.4) is 0 Å². The van der Waals surface area contributed by atoms with Gasteiger partial charge in [-0.25, -0.2) is 8.78 Å². The molecular formula is C21H19ClF2N2. The number of nitrogens with zero attached hydrogens (tertiary/aromatic N) is 2. The van der Waals surface area contributed by atoms with Crippen LogP contribution >= 0.6 is 11.6 Å². The fourth-order valence-corrected chi connectivity index (χ4v) is 3.82. The Hall–Kier alpha value is -2.17. The van der Waals surface area contributed by atoms with Gasteiger partial charge in [-0.15, -0.1) is 0 Å². The molecule has 0 saturated carbocycles. The van der Waals surface area contributed by atoms with Crippen LogP contribution in [0.4, 0.5) is 8.78 Å². The number of benzene rings is 2. The minimum Gasteiger partial charge on any atom is -0.350 e. The van der Waals surface area contributed by atoms with Crippen molar-refractivity contribution in [1.29, 1.82) is 0 Å². The normalized spacial score (nSPS) is 17.7. The summed E-state index contributed by atoms with van der Waals surface area (Å²) in [6, 6.07) is 15.9. The lowest BCUT2D eigenvalue weighted by Gasteiger charge is -2.30. The summed E-state index contributed by atoms with van der Waals surface area (Å²) in [4.78, 5) is 2.31. The first-order valence-electron chi connectivity index (χ1n) is 8.70. The van der Waals surface area contributed by atoms with Crippen molar-refractivity contribution in [2.45, 2.75) is 25.6 Å². The second-order valence-electron chi connectivity index (χ2n) is 6.65. The number of fused-ring (bicyclic) bond motifs is 1. The van der Waals surface area contributed by atoms with Crippen LogP contribution in [-0.2, 0) is 13.1 Å². The number of hydrogen-bond donors (Lipinski definition) is 0. The van der Waals surface area contributed by atoms with Gasteiger partial charge in [0.25, 0.3) is 0 Å². The van der Waals surface area contributed by atoms with Gasteiger partial charge < -0.3 is 4.57 Å². The summed E-state index contributed by atoms with van der Waals surface area (Å²) in [6.45, 7) is 2.50. The quantitative estimate of drug-likeness (QED) is 0.596. The molecule has 0 unspecified atom stereocenters. The Morgan fingerprint density at radius 2 is 1.77 bits per heavy atom. The second-order valence-corrected chi connectivity index (χ2v) is 7.09. The second kappa shape index (κ2) is 7.22. The van der Waals surface area contributed by atoms with Crippen molar-refractivity contribution in [3.8, 4) is 0 Å². The summed E-state index contributed by atoms with van der Waals surface area (Å²) < 4.78 is 29.6. The Bertz CT molecular complexity index is 905. The maximum Gasteiger partial charge on any atom is 0.159 e. The third-order valence-electron chi connectivity index (χ3n) is 4.91. The first-order valence-corrected chi connectivity index (χ1v) is 9.08. The predicted octanol–water partition coefficient (Wildman–Crippen LogP) is 5.42. The van der Waals surface area contributed by atoms with E-state index in [4.69, 9.17) is 11.6 Å². The summed E-state index contributed by atoms with van der Waals surface area (Å²) in [6.07, 6.45) is 3.05. The van der Waals surface area contributed by atoms with Crippen molar-refractivity contribution >= 4 is 11.6 Å². The number of aryl methyl sites for hydroxylation is 1. The van der Waals surface area contributed by atoms with E-state index in [-0.39, 0.29) is 6.04 Å². The molecule has 0 radical (unpaired) electrons. The van der Waals surface area contributed by atoms with E-state index in [1.165, 1.54) is 12.1 Å². The van der Waals surface area contributed by atoms with E-state index in [1.54, 1.807) is 6.07 Å². The monoisotopic (exact) mass is 372 g/mol. The molecule has 5 heteroatoms. The van der Waals surface area contributed by atoms with Gasteiger partial charge in [-0.05, 0) is 53.9 Å². The average molecular weight is 373 g/mol. The van der Waals surface area contributed by atoms with Crippen LogP contribution in [0.2, 0.25) is 5.02 Å². The Labute approximate surface area is 156 Å². The number of halogens is 3. The van der Waals surface area contributed by atoms with E-state index in [2.05, 4.69) is 15.5 Å². The van der Waals surface area contributed by atoms with Crippen LogP contribution < -0.4 is 0 Å². The Balaban J connectivity index is 1.75. The van der Waals surface area contributed by atoms with E-state index in [0.717, 1.165) is 36.3 Å². The minimum absolute atomic E-state index is 0.127. The van der Waals surface area contributed by atoms with Crippen LogP contribution in [0.25, 0.3) is 0 Å². The molecular weight excluding hydrogens is 354 g/mol. The van der Waals surface area contributed by atoms with E-state index < -0.39 is 11.6 Å². The molecule has 1 aliphatic rings. The summed E-state index contributed by atoms with van der Waals surface area (Å²) in [5, 5.41) is 0.704. The van der Waals surface area contributed by atoms with Gasteiger partial charge in [0.2, 0.25) is 0 Å². The van der Waals surface area contributed by atoms with E-state index >= 15 is 0 Å². The van der Waals surface area contributed by atoms with Crippen molar-refractivity contribution in [3.63, 3.8) is 0 Å². The lowest BCUT2D eigenvalue weighted by Crippen LogP contribution is -2.29. The van der Waals surface area contributed by atoms with Gasteiger partial charge in [0.1, 0.15) is 0 Å². The van der Waals surface area contributed by atoms with Crippen molar-refractivity contribution in [3.05, 3.63) is 94.3 Å². The first kappa shape index (κ1) is 17.3. The summed E-state index contributed by atoms with van der Waals surface area (Å²) in [5.74, 6) is -1.63. The van der Waals surface area contributed by atoms with Gasteiger partial charge in [-0.3, -0.25) is 4.90 Å². The highest BCUT2D eigenvalue weighted by Gasteiger charge is 2.28. The summed E-state index contributed by atoms with van der Waals surface area (Å²) >= 11 is 6.00.